The van der Waals surface area contributed by atoms with Crippen molar-refractivity contribution >= 4 is 0 Å². The normalized spacial score (nSPS) is 11.6. The molecule has 0 bridgehead atoms. The smallest absolute Gasteiger partial charge is 0.00950 e. The quantitative estimate of drug-likeness (QED) is 0.109. The molecular weight excluding hydrogens is 504 g/mol. The summed E-state index contributed by atoms with van der Waals surface area (Å²) in [6, 6.07) is 10.4. The van der Waals surface area contributed by atoms with E-state index in [0.717, 1.165) is 0 Å². The molecule has 0 amide bonds. The van der Waals surface area contributed by atoms with Gasteiger partial charge in [-0.1, -0.05) is 131 Å². The molecule has 2 aromatic rings. The van der Waals surface area contributed by atoms with Crippen LogP contribution in [0.1, 0.15) is 202 Å². The summed E-state index contributed by atoms with van der Waals surface area (Å²) in [5.74, 6) is 0.538. The van der Waals surface area contributed by atoms with E-state index in [1.165, 1.54) is 141 Å². The molecule has 0 aliphatic heterocycles. The van der Waals surface area contributed by atoms with Crippen LogP contribution in [0.4, 0.5) is 0 Å². The van der Waals surface area contributed by atoms with Crippen LogP contribution in [0.25, 0.3) is 0 Å². The summed E-state index contributed by atoms with van der Waals surface area (Å²) >= 11 is 0. The molecule has 0 aliphatic rings. The van der Waals surface area contributed by atoms with Gasteiger partial charge in [0, 0.05) is 5.92 Å². The van der Waals surface area contributed by atoms with Crippen molar-refractivity contribution in [2.24, 2.45) is 0 Å². The second-order valence-corrected chi connectivity index (χ2v) is 13.2. The van der Waals surface area contributed by atoms with Gasteiger partial charge in [0.15, 0.2) is 0 Å². The Morgan fingerprint density at radius 2 is 0.690 bits per heavy atom. The summed E-state index contributed by atoms with van der Waals surface area (Å²) in [6.07, 6.45) is 28.4. The van der Waals surface area contributed by atoms with Gasteiger partial charge in [-0.2, -0.15) is 0 Å². The fourth-order valence-corrected chi connectivity index (χ4v) is 7.08. The van der Waals surface area contributed by atoms with Crippen LogP contribution in [0, 0.1) is 0 Å². The number of aryl methyl sites for hydroxylation is 2. The van der Waals surface area contributed by atoms with Crippen molar-refractivity contribution in [3.63, 3.8) is 0 Å². The van der Waals surface area contributed by atoms with E-state index in [0.29, 0.717) is 5.92 Å². The summed E-state index contributed by atoms with van der Waals surface area (Å²) < 4.78 is 0. The highest BCUT2D eigenvalue weighted by atomic mass is 14.3. The van der Waals surface area contributed by atoms with Crippen LogP contribution in [0.5, 0.6) is 0 Å². The first-order valence-corrected chi connectivity index (χ1v) is 18.9. The molecule has 42 heavy (non-hydrogen) atoms. The van der Waals surface area contributed by atoms with Gasteiger partial charge in [0.1, 0.15) is 0 Å². The first-order valence-electron chi connectivity index (χ1n) is 18.9. The SMILES string of the molecule is CCCCCC(c1ccc(CCCC)c(CCCC)c1CCCC)c1ccc(CCCC)c(CCCC)c1CCCC. The summed E-state index contributed by atoms with van der Waals surface area (Å²) in [4.78, 5) is 0. The first-order chi connectivity index (χ1) is 20.6. The van der Waals surface area contributed by atoms with E-state index in [9.17, 15) is 0 Å². The molecule has 2 rings (SSSR count). The van der Waals surface area contributed by atoms with Crippen molar-refractivity contribution in [3.8, 4) is 0 Å². The molecule has 2 aromatic carbocycles. The Labute approximate surface area is 263 Å². The molecule has 0 aliphatic carbocycles. The zero-order valence-corrected chi connectivity index (χ0v) is 29.4. The predicted octanol–water partition coefficient (Wildman–Crippen LogP) is 13.5. The average Bonchev–Trinajstić information content (AvgIpc) is 3.01. The third-order valence-corrected chi connectivity index (χ3v) is 9.70. The molecule has 238 valence electrons. The van der Waals surface area contributed by atoms with E-state index in [1.54, 1.807) is 44.5 Å². The largest absolute Gasteiger partial charge is 0.0654 e. The van der Waals surface area contributed by atoms with Gasteiger partial charge >= 0.3 is 0 Å². The second kappa shape index (κ2) is 22.0. The van der Waals surface area contributed by atoms with Crippen LogP contribution in [0.15, 0.2) is 24.3 Å². The topological polar surface area (TPSA) is 0 Å². The lowest BCUT2D eigenvalue weighted by Crippen LogP contribution is -2.14. The molecule has 0 saturated carbocycles. The van der Waals surface area contributed by atoms with Gasteiger partial charge in [-0.05, 0) is 128 Å². The third-order valence-electron chi connectivity index (χ3n) is 9.70. The number of rotatable bonds is 24. The van der Waals surface area contributed by atoms with Crippen molar-refractivity contribution < 1.29 is 0 Å². The lowest BCUT2D eigenvalue weighted by Gasteiger charge is -2.29. The molecular formula is C42H70. The van der Waals surface area contributed by atoms with Crippen molar-refractivity contribution in [1.29, 1.82) is 0 Å². The van der Waals surface area contributed by atoms with Crippen LogP contribution in [0.2, 0.25) is 0 Å². The number of benzene rings is 2. The number of hydrogen-bond acceptors (Lipinski definition) is 0. The van der Waals surface area contributed by atoms with E-state index in [4.69, 9.17) is 0 Å². The molecule has 0 atom stereocenters. The van der Waals surface area contributed by atoms with Crippen molar-refractivity contribution in [3.05, 3.63) is 68.8 Å². The monoisotopic (exact) mass is 575 g/mol. The number of unbranched alkanes of at least 4 members (excludes halogenated alkanes) is 8. The van der Waals surface area contributed by atoms with Crippen LogP contribution >= 0.6 is 0 Å². The zero-order valence-electron chi connectivity index (χ0n) is 29.4. The minimum absolute atomic E-state index is 0.538. The average molecular weight is 575 g/mol. The molecule has 0 spiro atoms. The first kappa shape index (κ1) is 36.6. The van der Waals surface area contributed by atoms with E-state index in [1.807, 2.05) is 0 Å². The summed E-state index contributed by atoms with van der Waals surface area (Å²) in [5.41, 5.74) is 13.7. The fourth-order valence-electron chi connectivity index (χ4n) is 7.08. The predicted molar refractivity (Wildman–Crippen MR) is 191 cm³/mol. The highest BCUT2D eigenvalue weighted by Crippen LogP contribution is 2.40. The highest BCUT2D eigenvalue weighted by molar-refractivity contribution is 5.51. The minimum atomic E-state index is 0.538. The van der Waals surface area contributed by atoms with E-state index in [2.05, 4.69) is 72.7 Å². The van der Waals surface area contributed by atoms with E-state index in [-0.39, 0.29) is 0 Å². The third kappa shape index (κ3) is 11.2. The van der Waals surface area contributed by atoms with Gasteiger partial charge in [0.05, 0.1) is 0 Å². The standard InChI is InChI=1S/C42H70/c1-8-15-22-29-40(41-32-30-34(23-16-9-2)36(25-18-11-4)38(41)27-20-13-6)42-33-31-35(24-17-10-3)37(26-19-12-5)39(42)28-21-14-7/h30-33,40H,8-29H2,1-7H3. The van der Waals surface area contributed by atoms with Gasteiger partial charge in [-0.15, -0.1) is 0 Å². The van der Waals surface area contributed by atoms with Crippen molar-refractivity contribution in [2.75, 3.05) is 0 Å². The van der Waals surface area contributed by atoms with E-state index >= 15 is 0 Å². The van der Waals surface area contributed by atoms with Gasteiger partial charge in [-0.25, -0.2) is 0 Å². The Bertz CT molecular complexity index is 905. The Kier molecular flexibility index (Phi) is 19.2. The molecule has 0 heteroatoms. The maximum Gasteiger partial charge on any atom is 0.00950 e. The Balaban J connectivity index is 2.84. The summed E-state index contributed by atoms with van der Waals surface area (Å²) in [5, 5.41) is 0. The van der Waals surface area contributed by atoms with Gasteiger partial charge < -0.3 is 0 Å². The maximum atomic E-state index is 2.63. The lowest BCUT2D eigenvalue weighted by atomic mass is 9.75. The molecule has 0 saturated heterocycles. The fraction of sp³-hybridized carbons (Fsp3) is 0.714. The van der Waals surface area contributed by atoms with Crippen molar-refractivity contribution in [2.45, 2.75) is 196 Å². The molecule has 0 fully saturated rings. The Morgan fingerprint density at radius 3 is 1.05 bits per heavy atom. The number of hydrogen-bond donors (Lipinski definition) is 0. The van der Waals surface area contributed by atoms with Crippen molar-refractivity contribution in [1.82, 2.24) is 0 Å². The maximum absolute atomic E-state index is 2.63. The molecule has 0 heterocycles. The Morgan fingerprint density at radius 1 is 0.357 bits per heavy atom. The van der Waals surface area contributed by atoms with Crippen LogP contribution in [-0.2, 0) is 38.5 Å². The van der Waals surface area contributed by atoms with Crippen LogP contribution in [-0.4, -0.2) is 0 Å². The van der Waals surface area contributed by atoms with Gasteiger partial charge in [-0.3, -0.25) is 0 Å². The zero-order chi connectivity index (χ0) is 30.6. The minimum Gasteiger partial charge on any atom is -0.0654 e. The second-order valence-electron chi connectivity index (χ2n) is 13.2. The van der Waals surface area contributed by atoms with Crippen LogP contribution < -0.4 is 0 Å². The molecule has 0 unspecified atom stereocenters. The lowest BCUT2D eigenvalue weighted by molar-refractivity contribution is 0.604. The molecule has 0 N–H and O–H groups in total. The van der Waals surface area contributed by atoms with Gasteiger partial charge in [0.2, 0.25) is 0 Å². The molecule has 0 radical (unpaired) electrons. The van der Waals surface area contributed by atoms with E-state index < -0.39 is 0 Å². The Hall–Kier alpha value is -1.56. The summed E-state index contributed by atoms with van der Waals surface area (Å²) in [6.45, 7) is 16.6. The van der Waals surface area contributed by atoms with Crippen LogP contribution in [0.3, 0.4) is 0 Å². The molecule has 0 aromatic heterocycles. The van der Waals surface area contributed by atoms with Gasteiger partial charge in [0.25, 0.3) is 0 Å². The molecule has 0 nitrogen and oxygen atoms in total. The summed E-state index contributed by atoms with van der Waals surface area (Å²) in [7, 11) is 0. The highest BCUT2D eigenvalue weighted by Gasteiger charge is 2.25.